The molecule has 0 aromatic heterocycles. The van der Waals surface area contributed by atoms with E-state index in [9.17, 15) is 24.9 Å². The van der Waals surface area contributed by atoms with Crippen LogP contribution in [0.5, 0.6) is 0 Å². The van der Waals surface area contributed by atoms with Gasteiger partial charge in [0.25, 0.3) is 0 Å². The van der Waals surface area contributed by atoms with Crippen LogP contribution in [0.25, 0.3) is 0 Å². The van der Waals surface area contributed by atoms with E-state index in [1.54, 1.807) is 0 Å². The average Bonchev–Trinajstić information content (AvgIpc) is 2.46. The topological polar surface area (TPSA) is 192 Å². The smallest absolute Gasteiger partial charge is 0.317 e. The molecule has 0 radical (unpaired) electrons. The number of carboxylic acid groups (broad SMARTS) is 2. The Hall–Kier alpha value is -1.34. The van der Waals surface area contributed by atoms with Gasteiger partial charge < -0.3 is 36.0 Å². The van der Waals surface area contributed by atoms with Gasteiger partial charge in [-0.05, 0) is 0 Å². The summed E-state index contributed by atoms with van der Waals surface area (Å²) in [5.74, 6) is -2.41. The van der Waals surface area contributed by atoms with Gasteiger partial charge in [-0.3, -0.25) is 20.2 Å². The van der Waals surface area contributed by atoms with Gasteiger partial charge in [0, 0.05) is 6.54 Å². The van der Waals surface area contributed by atoms with Gasteiger partial charge in [-0.25, -0.2) is 0 Å². The Morgan fingerprint density at radius 3 is 1.39 bits per heavy atom. The van der Waals surface area contributed by atoms with Gasteiger partial charge in [0.05, 0.1) is 56.1 Å². The molecule has 1 rings (SSSR count). The predicted octanol–water partition coefficient (Wildman–Crippen LogP) is -4.88. The van der Waals surface area contributed by atoms with E-state index >= 15 is 0 Å². The minimum absolute atomic E-state index is 0.0478. The molecule has 11 heteroatoms. The molecule has 1 aliphatic rings. The summed E-state index contributed by atoms with van der Waals surface area (Å²) in [4.78, 5) is 21.3. The molecular weight excluding hydrogens is 314 g/mol. The fraction of sp³-hybridized carbons (Fsp3) is 0.833. The van der Waals surface area contributed by atoms with Gasteiger partial charge >= 0.3 is 11.9 Å². The zero-order valence-electron chi connectivity index (χ0n) is 12.3. The van der Waals surface area contributed by atoms with Crippen molar-refractivity contribution in [2.24, 2.45) is 0 Å². The first-order chi connectivity index (χ1) is 10.8. The molecule has 9 N–H and O–H groups in total. The predicted molar refractivity (Wildman–Crippen MR) is 75.7 cm³/mol. The summed E-state index contributed by atoms with van der Waals surface area (Å²) in [5.41, 5.74) is 0. The second-order valence-electron chi connectivity index (χ2n) is 5.28. The maximum absolute atomic E-state index is 10.7. The SMILES string of the molecule is O=C(O)CN[C@@H]1[C@H](O)[C@H](NCC(=O)O)[C@H](O)[C@H](NCCO)[C@@H]1O. The quantitative estimate of drug-likeness (QED) is 0.196. The summed E-state index contributed by atoms with van der Waals surface area (Å²) in [7, 11) is 0. The highest BCUT2D eigenvalue weighted by Gasteiger charge is 2.49. The Morgan fingerprint density at radius 2 is 1.09 bits per heavy atom. The van der Waals surface area contributed by atoms with Crippen LogP contribution < -0.4 is 16.0 Å². The first-order valence-electron chi connectivity index (χ1n) is 7.08. The number of aliphatic hydroxyl groups is 4. The molecule has 0 aliphatic heterocycles. The van der Waals surface area contributed by atoms with Crippen molar-refractivity contribution in [3.63, 3.8) is 0 Å². The lowest BCUT2D eigenvalue weighted by atomic mass is 9.79. The summed E-state index contributed by atoms with van der Waals surface area (Å²) in [6.45, 7) is -1.29. The Balaban J connectivity index is 2.90. The number of nitrogens with one attached hydrogen (secondary N) is 3. The normalized spacial score (nSPS) is 34.3. The highest BCUT2D eigenvalue weighted by Crippen LogP contribution is 2.21. The first kappa shape index (κ1) is 19.7. The number of hydrogen-bond acceptors (Lipinski definition) is 9. The Labute approximate surface area is 131 Å². The molecular formula is C12H23N3O8. The summed E-state index contributed by atoms with van der Waals surface area (Å²) in [5, 5.41) is 64.6. The maximum atomic E-state index is 10.7. The van der Waals surface area contributed by atoms with Crippen molar-refractivity contribution in [3.05, 3.63) is 0 Å². The minimum atomic E-state index is -1.43. The molecule has 0 heterocycles. The van der Waals surface area contributed by atoms with Crippen molar-refractivity contribution < 1.29 is 40.2 Å². The van der Waals surface area contributed by atoms with Gasteiger partial charge in [0.2, 0.25) is 0 Å². The molecule has 0 aromatic carbocycles. The third-order valence-corrected chi connectivity index (χ3v) is 3.68. The molecule has 134 valence electrons. The molecule has 1 fully saturated rings. The molecule has 0 aromatic rings. The summed E-state index contributed by atoms with van der Waals surface area (Å²) in [6, 6.07) is -3.22. The third kappa shape index (κ3) is 5.35. The van der Waals surface area contributed by atoms with E-state index in [2.05, 4.69) is 16.0 Å². The van der Waals surface area contributed by atoms with Crippen molar-refractivity contribution in [3.8, 4) is 0 Å². The second-order valence-corrected chi connectivity index (χ2v) is 5.28. The molecule has 0 unspecified atom stereocenters. The fourth-order valence-corrected chi connectivity index (χ4v) is 2.64. The van der Waals surface area contributed by atoms with Crippen molar-refractivity contribution in [1.82, 2.24) is 16.0 Å². The lowest BCUT2D eigenvalue weighted by molar-refractivity contribution is -0.138. The molecule has 11 nitrogen and oxygen atoms in total. The van der Waals surface area contributed by atoms with Crippen LogP contribution >= 0.6 is 0 Å². The number of hydrogen-bond donors (Lipinski definition) is 9. The van der Waals surface area contributed by atoms with Crippen molar-refractivity contribution in [2.45, 2.75) is 36.4 Å². The van der Waals surface area contributed by atoms with Crippen LogP contribution in [0.3, 0.4) is 0 Å². The van der Waals surface area contributed by atoms with Gasteiger partial charge in [-0.15, -0.1) is 0 Å². The first-order valence-corrected chi connectivity index (χ1v) is 7.08. The molecule has 6 atom stereocenters. The summed E-state index contributed by atoms with van der Waals surface area (Å²) < 4.78 is 0. The van der Waals surface area contributed by atoms with Gasteiger partial charge in [0.15, 0.2) is 0 Å². The highest BCUT2D eigenvalue weighted by atomic mass is 16.4. The molecule has 0 saturated heterocycles. The van der Waals surface area contributed by atoms with Crippen LogP contribution in [-0.4, -0.2) is 105 Å². The zero-order valence-corrected chi connectivity index (χ0v) is 12.3. The maximum Gasteiger partial charge on any atom is 0.317 e. The largest absolute Gasteiger partial charge is 0.480 e. The summed E-state index contributed by atoms with van der Waals surface area (Å²) >= 11 is 0. The van der Waals surface area contributed by atoms with E-state index in [1.807, 2.05) is 0 Å². The number of aliphatic carboxylic acids is 2. The van der Waals surface area contributed by atoms with Crippen LogP contribution in [0.2, 0.25) is 0 Å². The van der Waals surface area contributed by atoms with Gasteiger partial charge in [-0.1, -0.05) is 0 Å². The van der Waals surface area contributed by atoms with Crippen LogP contribution in [-0.2, 0) is 9.59 Å². The van der Waals surface area contributed by atoms with Gasteiger partial charge in [0.1, 0.15) is 0 Å². The van der Waals surface area contributed by atoms with Crippen LogP contribution in [0, 0.1) is 0 Å². The Kier molecular flexibility index (Phi) is 7.78. The minimum Gasteiger partial charge on any atom is -0.480 e. The standard InChI is InChI=1S/C12H23N3O8/c16-2-1-13-7-10(21)8(14-3-5(17)18)12(23)9(11(7)22)15-4-6(19)20/h7-16,21-23H,1-4H2,(H,17,18)(H,19,20)/t7-,8+,9-,10+,11-,12+. The number of carbonyl (C=O) groups is 2. The van der Waals surface area contributed by atoms with Crippen molar-refractivity contribution in [2.75, 3.05) is 26.2 Å². The van der Waals surface area contributed by atoms with Crippen LogP contribution in [0.1, 0.15) is 0 Å². The van der Waals surface area contributed by atoms with E-state index in [4.69, 9.17) is 15.3 Å². The molecule has 23 heavy (non-hydrogen) atoms. The average molecular weight is 337 g/mol. The third-order valence-electron chi connectivity index (χ3n) is 3.68. The van der Waals surface area contributed by atoms with Crippen LogP contribution in [0.15, 0.2) is 0 Å². The van der Waals surface area contributed by atoms with Crippen LogP contribution in [0.4, 0.5) is 0 Å². The number of rotatable bonds is 9. The monoisotopic (exact) mass is 337 g/mol. The van der Waals surface area contributed by atoms with E-state index < -0.39 is 61.5 Å². The number of aliphatic hydroxyl groups excluding tert-OH is 4. The van der Waals surface area contributed by atoms with E-state index in [0.29, 0.717) is 0 Å². The van der Waals surface area contributed by atoms with E-state index in [-0.39, 0.29) is 13.2 Å². The lowest BCUT2D eigenvalue weighted by Gasteiger charge is -2.46. The second kappa shape index (κ2) is 9.08. The molecule has 1 aliphatic carbocycles. The Bertz CT molecular complexity index is 378. The fourth-order valence-electron chi connectivity index (χ4n) is 2.64. The van der Waals surface area contributed by atoms with E-state index in [0.717, 1.165) is 0 Å². The summed E-state index contributed by atoms with van der Waals surface area (Å²) in [6.07, 6.45) is -4.13. The van der Waals surface area contributed by atoms with Crippen molar-refractivity contribution in [1.29, 1.82) is 0 Å². The zero-order chi connectivity index (χ0) is 17.6. The molecule has 0 spiro atoms. The highest BCUT2D eigenvalue weighted by molar-refractivity contribution is 5.69. The molecule has 0 amide bonds. The van der Waals surface area contributed by atoms with Crippen molar-refractivity contribution >= 4 is 11.9 Å². The Morgan fingerprint density at radius 1 is 0.739 bits per heavy atom. The van der Waals surface area contributed by atoms with E-state index in [1.165, 1.54) is 0 Å². The molecule has 0 bridgehead atoms. The molecule has 1 saturated carbocycles. The van der Waals surface area contributed by atoms with Gasteiger partial charge in [-0.2, -0.15) is 0 Å². The number of carboxylic acids is 2. The lowest BCUT2D eigenvalue weighted by Crippen LogP contribution is -2.74.